The van der Waals surface area contributed by atoms with Crippen molar-refractivity contribution in [2.75, 3.05) is 73.5 Å². The van der Waals surface area contributed by atoms with Crippen LogP contribution in [-0.4, -0.2) is 119 Å². The Kier molecular flexibility index (Phi) is 25.4. The normalized spacial score (nSPS) is 15.0. The molecule has 0 saturated heterocycles. The van der Waals surface area contributed by atoms with E-state index in [1.54, 1.807) is 21.1 Å². The van der Waals surface area contributed by atoms with E-state index < -0.39 is 23.1 Å². The molecule has 0 aromatic rings. The molecule has 0 aliphatic heterocycles. The van der Waals surface area contributed by atoms with Gasteiger partial charge in [-0.3, -0.25) is 19.2 Å². The van der Waals surface area contributed by atoms with Crippen LogP contribution in [0.2, 0.25) is 0 Å². The van der Waals surface area contributed by atoms with Gasteiger partial charge in [-0.2, -0.15) is 0 Å². The Morgan fingerprint density at radius 3 is 1.63 bits per heavy atom. The highest BCUT2D eigenvalue weighted by atomic mass is 16.5. The molecule has 3 unspecified atom stereocenters. The molecule has 0 aliphatic carbocycles. The molecule has 0 spiro atoms. The van der Waals surface area contributed by atoms with Crippen molar-refractivity contribution < 1.29 is 43.2 Å². The van der Waals surface area contributed by atoms with E-state index in [1.807, 2.05) is 41.5 Å². The highest BCUT2D eigenvalue weighted by Crippen LogP contribution is 2.25. The zero-order chi connectivity index (χ0) is 35.8. The summed E-state index contributed by atoms with van der Waals surface area (Å²) in [6.45, 7) is 21.1. The molecule has 0 aromatic carbocycles. The summed E-state index contributed by atoms with van der Waals surface area (Å²) < 4.78 is 21.4. The maximum Gasteiger partial charge on any atom is 0.320 e. The molecule has 12 heteroatoms. The Labute approximate surface area is 278 Å². The van der Waals surface area contributed by atoms with Crippen LogP contribution in [0.5, 0.6) is 0 Å². The van der Waals surface area contributed by atoms with E-state index in [4.69, 9.17) is 24.1 Å². The van der Waals surface area contributed by atoms with Gasteiger partial charge in [0.2, 0.25) is 0 Å². The van der Waals surface area contributed by atoms with Gasteiger partial charge in [0.1, 0.15) is 18.4 Å². The van der Waals surface area contributed by atoms with Crippen molar-refractivity contribution in [2.45, 2.75) is 112 Å². The molecule has 46 heavy (non-hydrogen) atoms. The molecular weight excluding hydrogens is 594 g/mol. The molecule has 0 bridgehead atoms. The van der Waals surface area contributed by atoms with Gasteiger partial charge in [0.25, 0.3) is 0 Å². The number of hydrogen-bond acceptors (Lipinski definition) is 11. The van der Waals surface area contributed by atoms with Crippen molar-refractivity contribution >= 4 is 23.3 Å². The van der Waals surface area contributed by atoms with Crippen molar-refractivity contribution in [2.24, 2.45) is 11.3 Å². The van der Waals surface area contributed by atoms with E-state index in [2.05, 4.69) is 29.8 Å². The molecule has 12 nitrogen and oxygen atoms in total. The summed E-state index contributed by atoms with van der Waals surface area (Å²) in [7, 11) is 3.19. The number of aliphatic carboxylic acids is 1. The SMILES string of the molecule is CC(=O)C(C)(C)CC(C)C.CCC(C)(NCCOCCOCC(=O)C(C)(CC)NCCOCCOC)C(=O)CCC(NC)C(=O)O. The number of rotatable bonds is 28. The van der Waals surface area contributed by atoms with Crippen LogP contribution in [0.15, 0.2) is 0 Å². The average Bonchev–Trinajstić information content (AvgIpc) is 2.99. The minimum Gasteiger partial charge on any atom is -0.480 e. The summed E-state index contributed by atoms with van der Waals surface area (Å²) in [4.78, 5) is 47.4. The number of carboxylic acids is 1. The van der Waals surface area contributed by atoms with Crippen molar-refractivity contribution in [3.05, 3.63) is 0 Å². The summed E-state index contributed by atoms with van der Waals surface area (Å²) in [6, 6.07) is -0.739. The number of ether oxygens (including phenoxy) is 4. The van der Waals surface area contributed by atoms with E-state index in [-0.39, 0.29) is 43.0 Å². The lowest BCUT2D eigenvalue weighted by Crippen LogP contribution is -2.51. The standard InChI is InChI=1S/C25H49N3O8.C9H18O/c1-7-24(3,21(29)10-9-20(26-5)23(31)32)27-11-14-35-17-18-36-19-22(30)25(4,8-2)28-12-13-34-16-15-33-6;1-7(2)6-9(4,5)8(3)10/h20,26-28H,7-19H2,1-6H3,(H,31,32);7H,6H2,1-5H3. The molecule has 0 heterocycles. The minimum atomic E-state index is -0.965. The quantitative estimate of drug-likeness (QED) is 0.0906. The van der Waals surface area contributed by atoms with Crippen LogP contribution in [0.3, 0.4) is 0 Å². The first-order valence-corrected chi connectivity index (χ1v) is 16.7. The smallest absolute Gasteiger partial charge is 0.320 e. The van der Waals surface area contributed by atoms with E-state index >= 15 is 0 Å². The Morgan fingerprint density at radius 1 is 0.761 bits per heavy atom. The number of Topliss-reactive ketones (excluding diaryl/α,β-unsaturated/α-hetero) is 3. The fourth-order valence-corrected chi connectivity index (χ4v) is 4.54. The predicted octanol–water partition coefficient (Wildman–Crippen LogP) is 3.44. The van der Waals surface area contributed by atoms with Gasteiger partial charge in [-0.1, -0.05) is 41.5 Å². The lowest BCUT2D eigenvalue weighted by Gasteiger charge is -2.29. The lowest BCUT2D eigenvalue weighted by molar-refractivity contribution is -0.139. The highest BCUT2D eigenvalue weighted by molar-refractivity contribution is 5.89. The summed E-state index contributed by atoms with van der Waals surface area (Å²) in [5, 5.41) is 18.3. The molecule has 0 saturated carbocycles. The summed E-state index contributed by atoms with van der Waals surface area (Å²) in [6.07, 6.45) is 2.62. The van der Waals surface area contributed by atoms with Gasteiger partial charge in [-0.05, 0) is 59.4 Å². The van der Waals surface area contributed by atoms with Crippen LogP contribution in [0.4, 0.5) is 0 Å². The first-order chi connectivity index (χ1) is 21.5. The van der Waals surface area contributed by atoms with E-state index in [0.717, 1.165) is 6.42 Å². The van der Waals surface area contributed by atoms with Crippen molar-refractivity contribution in [1.82, 2.24) is 16.0 Å². The maximum absolute atomic E-state index is 12.6. The molecule has 0 aliphatic rings. The zero-order valence-corrected chi connectivity index (χ0v) is 30.8. The summed E-state index contributed by atoms with van der Waals surface area (Å²) in [5.74, 6) is -0.112. The summed E-state index contributed by atoms with van der Waals surface area (Å²) >= 11 is 0. The van der Waals surface area contributed by atoms with Crippen LogP contribution in [-0.2, 0) is 38.1 Å². The number of carbonyl (C=O) groups is 4. The van der Waals surface area contributed by atoms with Crippen molar-refractivity contribution in [3.63, 3.8) is 0 Å². The number of hydrogen-bond donors (Lipinski definition) is 4. The second-order valence-electron chi connectivity index (χ2n) is 13.1. The second kappa shape index (κ2) is 25.2. The monoisotopic (exact) mass is 661 g/mol. The molecule has 0 rings (SSSR count). The third-order valence-corrected chi connectivity index (χ3v) is 8.38. The number of methoxy groups -OCH3 is 1. The number of carbonyl (C=O) groups excluding carboxylic acids is 3. The highest BCUT2D eigenvalue weighted by Gasteiger charge is 2.32. The average molecular weight is 662 g/mol. The molecule has 3 atom stereocenters. The molecule has 4 N–H and O–H groups in total. The Hall–Kier alpha value is -1.80. The Bertz CT molecular complexity index is 869. The fourth-order valence-electron chi connectivity index (χ4n) is 4.54. The van der Waals surface area contributed by atoms with Gasteiger partial charge in [-0.15, -0.1) is 0 Å². The van der Waals surface area contributed by atoms with Gasteiger partial charge >= 0.3 is 5.97 Å². The topological polar surface area (TPSA) is 162 Å². The second-order valence-corrected chi connectivity index (χ2v) is 13.1. The van der Waals surface area contributed by atoms with Crippen LogP contribution >= 0.6 is 0 Å². The predicted molar refractivity (Wildman–Crippen MR) is 181 cm³/mol. The van der Waals surface area contributed by atoms with Crippen LogP contribution in [0.1, 0.15) is 94.4 Å². The van der Waals surface area contributed by atoms with E-state index in [1.165, 1.54) is 0 Å². The summed E-state index contributed by atoms with van der Waals surface area (Å²) in [5.41, 5.74) is -1.53. The first kappa shape index (κ1) is 46.3. The Morgan fingerprint density at radius 2 is 1.24 bits per heavy atom. The number of likely N-dealkylation sites (N-methyl/N-ethyl adjacent to an activating group) is 1. The van der Waals surface area contributed by atoms with Gasteiger partial charge in [0.05, 0.1) is 50.7 Å². The van der Waals surface area contributed by atoms with Gasteiger partial charge < -0.3 is 40.0 Å². The van der Waals surface area contributed by atoms with Gasteiger partial charge in [0.15, 0.2) is 11.6 Å². The van der Waals surface area contributed by atoms with E-state index in [9.17, 15) is 19.2 Å². The third-order valence-electron chi connectivity index (χ3n) is 8.38. The molecule has 272 valence electrons. The van der Waals surface area contributed by atoms with Crippen molar-refractivity contribution in [3.8, 4) is 0 Å². The minimum absolute atomic E-state index is 0.00412. The zero-order valence-electron chi connectivity index (χ0n) is 30.8. The number of ketones is 3. The number of nitrogens with one attached hydrogen (secondary N) is 3. The van der Waals surface area contributed by atoms with Crippen LogP contribution in [0, 0.1) is 11.3 Å². The van der Waals surface area contributed by atoms with Crippen LogP contribution < -0.4 is 16.0 Å². The first-order valence-electron chi connectivity index (χ1n) is 16.7. The maximum atomic E-state index is 12.6. The third kappa shape index (κ3) is 20.4. The van der Waals surface area contributed by atoms with Crippen molar-refractivity contribution in [1.29, 1.82) is 0 Å². The lowest BCUT2D eigenvalue weighted by atomic mass is 9.81. The van der Waals surface area contributed by atoms with Gasteiger partial charge in [0, 0.05) is 32.0 Å². The molecule has 0 fully saturated rings. The molecule has 0 aromatic heterocycles. The van der Waals surface area contributed by atoms with Crippen LogP contribution in [0.25, 0.3) is 0 Å². The largest absolute Gasteiger partial charge is 0.480 e. The molecule has 0 amide bonds. The van der Waals surface area contributed by atoms with E-state index in [0.29, 0.717) is 70.7 Å². The Balaban J connectivity index is 0. The molecular formula is C34H67N3O9. The number of carboxylic acid groups (broad SMARTS) is 1. The fraction of sp³-hybridized carbons (Fsp3) is 0.882. The van der Waals surface area contributed by atoms with Gasteiger partial charge in [-0.25, -0.2) is 0 Å². The molecule has 0 radical (unpaired) electrons.